The molecule has 0 saturated heterocycles. The molecule has 0 N–H and O–H groups in total. The third kappa shape index (κ3) is 6.11. The molecule has 0 aliphatic rings. The zero-order valence-electron chi connectivity index (χ0n) is 36.1. The van der Waals surface area contributed by atoms with Gasteiger partial charge in [-0.05, 0) is 109 Å². The molecule has 308 valence electrons. The quantitative estimate of drug-likeness (QED) is 0.138. The highest BCUT2D eigenvalue weighted by molar-refractivity contribution is 6.27. The summed E-state index contributed by atoms with van der Waals surface area (Å²) in [6, 6.07) is 93.3. The Kier molecular flexibility index (Phi) is 8.89. The number of fused-ring (bicyclic) bond motifs is 3. The molecule has 13 rings (SSSR count). The highest BCUT2D eigenvalue weighted by Crippen LogP contribution is 2.48. The average molecular weight is 839 g/mol. The molecule has 13 aromatic rings. The highest BCUT2D eigenvalue weighted by Gasteiger charge is 2.23. The van der Waals surface area contributed by atoms with Crippen LogP contribution in [-0.2, 0) is 0 Å². The maximum Gasteiger partial charge on any atom is 0.0541 e. The first-order chi connectivity index (χ1) is 32.8. The summed E-state index contributed by atoms with van der Waals surface area (Å²) in [6.45, 7) is 0. The fourth-order valence-electron chi connectivity index (χ4n) is 10.6. The topological polar surface area (TPSA) is 8.17 Å². The lowest BCUT2D eigenvalue weighted by molar-refractivity contribution is 1.20. The third-order valence-corrected chi connectivity index (χ3v) is 13.5. The van der Waals surface area contributed by atoms with Gasteiger partial charge in [0, 0.05) is 32.8 Å². The maximum atomic E-state index is 2.50. The number of nitrogens with zero attached hydrogens (tertiary/aromatic N) is 2. The largest absolute Gasteiger partial charge is 0.309 e. The number of rotatable bonds is 8. The predicted octanol–water partition coefficient (Wildman–Crippen LogP) is 17.8. The summed E-state index contributed by atoms with van der Waals surface area (Å²) in [5.41, 5.74) is 16.4. The summed E-state index contributed by atoms with van der Waals surface area (Å²) in [5.74, 6) is 0. The van der Waals surface area contributed by atoms with Gasteiger partial charge in [-0.2, -0.15) is 0 Å². The van der Waals surface area contributed by atoms with E-state index in [2.05, 4.69) is 264 Å². The van der Waals surface area contributed by atoms with Gasteiger partial charge >= 0.3 is 0 Å². The van der Waals surface area contributed by atoms with Crippen LogP contribution in [0.3, 0.4) is 0 Å². The Morgan fingerprint density at radius 2 is 0.773 bits per heavy atom. The zero-order valence-corrected chi connectivity index (χ0v) is 36.1. The Morgan fingerprint density at radius 3 is 1.50 bits per heavy atom. The van der Waals surface area contributed by atoms with Gasteiger partial charge in [0.25, 0.3) is 0 Å². The van der Waals surface area contributed by atoms with Crippen LogP contribution < -0.4 is 4.90 Å². The first-order valence-electron chi connectivity index (χ1n) is 22.8. The van der Waals surface area contributed by atoms with Crippen LogP contribution in [0.15, 0.2) is 255 Å². The van der Waals surface area contributed by atoms with Crippen LogP contribution >= 0.6 is 0 Å². The van der Waals surface area contributed by atoms with E-state index in [0.717, 1.165) is 33.8 Å². The fraction of sp³-hybridized carbons (Fsp3) is 0. The second-order valence-corrected chi connectivity index (χ2v) is 17.2. The molecule has 1 heterocycles. The minimum atomic E-state index is 1.09. The van der Waals surface area contributed by atoms with Crippen LogP contribution in [0.1, 0.15) is 0 Å². The van der Waals surface area contributed by atoms with Crippen molar-refractivity contribution in [3.05, 3.63) is 255 Å². The minimum Gasteiger partial charge on any atom is -0.309 e. The van der Waals surface area contributed by atoms with Gasteiger partial charge in [0.2, 0.25) is 0 Å². The lowest BCUT2D eigenvalue weighted by Crippen LogP contribution is -2.12. The summed E-state index contributed by atoms with van der Waals surface area (Å²) in [4.78, 5) is 2.50. The Balaban J connectivity index is 1.06. The molecule has 12 aromatic carbocycles. The minimum absolute atomic E-state index is 1.09. The molecule has 2 nitrogen and oxygen atoms in total. The molecule has 0 aliphatic heterocycles. The number of anilines is 3. The van der Waals surface area contributed by atoms with E-state index in [-0.39, 0.29) is 0 Å². The van der Waals surface area contributed by atoms with E-state index in [4.69, 9.17) is 0 Å². The molecule has 2 heteroatoms. The number of hydrogen-bond donors (Lipinski definition) is 0. The van der Waals surface area contributed by atoms with Crippen molar-refractivity contribution in [2.45, 2.75) is 0 Å². The molecular weight excluding hydrogens is 797 g/mol. The van der Waals surface area contributed by atoms with Gasteiger partial charge in [-0.3, -0.25) is 0 Å². The first-order valence-corrected chi connectivity index (χ1v) is 22.8. The molecular formula is C64H42N2. The number of para-hydroxylation sites is 3. The average Bonchev–Trinajstić information content (AvgIpc) is 3.73. The first kappa shape index (κ1) is 37.8. The summed E-state index contributed by atoms with van der Waals surface area (Å²) in [5, 5.41) is 9.96. The molecule has 0 unspecified atom stereocenters. The van der Waals surface area contributed by atoms with Gasteiger partial charge in [0.05, 0.1) is 28.1 Å². The van der Waals surface area contributed by atoms with Crippen LogP contribution in [0, 0.1) is 0 Å². The van der Waals surface area contributed by atoms with Crippen LogP contribution in [0.5, 0.6) is 0 Å². The van der Waals surface area contributed by atoms with E-state index in [9.17, 15) is 0 Å². The van der Waals surface area contributed by atoms with Crippen molar-refractivity contribution in [2.24, 2.45) is 0 Å². The number of benzene rings is 12. The van der Waals surface area contributed by atoms with E-state index >= 15 is 0 Å². The second-order valence-electron chi connectivity index (χ2n) is 17.2. The molecule has 0 radical (unpaired) electrons. The molecule has 0 bridgehead atoms. The smallest absolute Gasteiger partial charge is 0.0541 e. The molecule has 0 saturated carbocycles. The Bertz CT molecular complexity index is 3880. The van der Waals surface area contributed by atoms with Crippen molar-refractivity contribution >= 4 is 71.2 Å². The van der Waals surface area contributed by atoms with E-state index in [1.807, 2.05) is 0 Å². The van der Waals surface area contributed by atoms with Crippen molar-refractivity contribution in [2.75, 3.05) is 4.90 Å². The van der Waals surface area contributed by atoms with Crippen molar-refractivity contribution in [3.8, 4) is 50.2 Å². The lowest BCUT2D eigenvalue weighted by Gasteiger charge is -2.30. The summed E-state index contributed by atoms with van der Waals surface area (Å²) in [7, 11) is 0. The Labute approximate surface area is 383 Å². The van der Waals surface area contributed by atoms with Crippen molar-refractivity contribution < 1.29 is 0 Å². The standard InChI is InChI=1S/C64H42N2/c1-3-17-43(18-4-1)47-21-15-22-48(41-47)53-27-9-12-30-58(53)65(50-24-16-23-49(42-50)52-26-8-7-25-51(52)44-19-5-2-6-20-44)61-39-35-45-34-38-57-62(40-36-46-33-37-56(61)63(45)64(46)57)66-59-31-13-10-28-54(59)55-29-11-14-32-60(55)66/h1-42H. The Morgan fingerprint density at radius 1 is 0.273 bits per heavy atom. The summed E-state index contributed by atoms with van der Waals surface area (Å²) < 4.78 is 2.46. The van der Waals surface area contributed by atoms with E-state index < -0.39 is 0 Å². The number of hydrogen-bond acceptors (Lipinski definition) is 1. The van der Waals surface area contributed by atoms with E-state index in [1.165, 1.54) is 87.6 Å². The lowest BCUT2D eigenvalue weighted by atomic mass is 9.91. The predicted molar refractivity (Wildman–Crippen MR) is 281 cm³/mol. The molecule has 1 aromatic heterocycles. The second kappa shape index (κ2) is 15.5. The van der Waals surface area contributed by atoms with Gasteiger partial charge in [-0.15, -0.1) is 0 Å². The fourth-order valence-corrected chi connectivity index (χ4v) is 10.6. The molecule has 0 aliphatic carbocycles. The normalized spacial score (nSPS) is 11.6. The monoisotopic (exact) mass is 838 g/mol. The molecule has 66 heavy (non-hydrogen) atoms. The molecule has 0 fully saturated rings. The van der Waals surface area contributed by atoms with Gasteiger partial charge in [0.1, 0.15) is 0 Å². The van der Waals surface area contributed by atoms with Crippen LogP contribution in [0.4, 0.5) is 17.1 Å². The number of aromatic nitrogens is 1. The van der Waals surface area contributed by atoms with Crippen molar-refractivity contribution in [1.82, 2.24) is 4.57 Å². The highest BCUT2D eigenvalue weighted by atomic mass is 15.1. The SMILES string of the molecule is c1ccc(-c2cccc(-c3ccccc3N(c3cccc(-c4ccccc4-c4ccccc4)c3)c3ccc4ccc5c(-n6c7ccccc7c7ccccc76)ccc6ccc3c4c65)c2)cc1. The van der Waals surface area contributed by atoms with Crippen LogP contribution in [-0.4, -0.2) is 4.57 Å². The summed E-state index contributed by atoms with van der Waals surface area (Å²) in [6.07, 6.45) is 0. The summed E-state index contributed by atoms with van der Waals surface area (Å²) >= 11 is 0. The molecule has 0 amide bonds. The van der Waals surface area contributed by atoms with Crippen molar-refractivity contribution in [3.63, 3.8) is 0 Å². The van der Waals surface area contributed by atoms with Crippen molar-refractivity contribution in [1.29, 1.82) is 0 Å². The molecule has 0 atom stereocenters. The Hall–Kier alpha value is -8.72. The van der Waals surface area contributed by atoms with Gasteiger partial charge < -0.3 is 9.47 Å². The van der Waals surface area contributed by atoms with Gasteiger partial charge in [-0.1, -0.05) is 206 Å². The van der Waals surface area contributed by atoms with Crippen LogP contribution in [0.2, 0.25) is 0 Å². The third-order valence-electron chi connectivity index (χ3n) is 13.5. The van der Waals surface area contributed by atoms with Gasteiger partial charge in [0.15, 0.2) is 0 Å². The molecule has 0 spiro atoms. The van der Waals surface area contributed by atoms with E-state index in [0.29, 0.717) is 0 Å². The van der Waals surface area contributed by atoms with Gasteiger partial charge in [-0.25, -0.2) is 0 Å². The maximum absolute atomic E-state index is 2.50. The van der Waals surface area contributed by atoms with Crippen LogP contribution in [0.25, 0.3) is 104 Å². The van der Waals surface area contributed by atoms with E-state index in [1.54, 1.807) is 0 Å². The zero-order chi connectivity index (χ0) is 43.6.